The van der Waals surface area contributed by atoms with E-state index in [-0.39, 0.29) is 0 Å². The van der Waals surface area contributed by atoms with Gasteiger partial charge in [0.25, 0.3) is 0 Å². The molecule has 3 aromatic carbocycles. The van der Waals surface area contributed by atoms with Crippen LogP contribution < -0.4 is 5.73 Å². The van der Waals surface area contributed by atoms with Crippen molar-refractivity contribution in [3.63, 3.8) is 0 Å². The normalized spacial score (nSPS) is 11.0. The van der Waals surface area contributed by atoms with Crippen LogP contribution in [0.25, 0.3) is 11.1 Å². The van der Waals surface area contributed by atoms with Crippen molar-refractivity contribution in [3.8, 4) is 11.1 Å². The van der Waals surface area contributed by atoms with E-state index < -0.39 is 0 Å². The lowest BCUT2D eigenvalue weighted by atomic mass is 9.97. The molecule has 0 amide bonds. The van der Waals surface area contributed by atoms with Crippen molar-refractivity contribution in [2.24, 2.45) is 10.2 Å². The van der Waals surface area contributed by atoms with Gasteiger partial charge < -0.3 is 5.73 Å². The van der Waals surface area contributed by atoms with Crippen LogP contribution in [0.1, 0.15) is 12.5 Å². The zero-order valence-corrected chi connectivity index (χ0v) is 13.1. The van der Waals surface area contributed by atoms with E-state index in [1.54, 1.807) is 0 Å². The summed E-state index contributed by atoms with van der Waals surface area (Å²) < 4.78 is 0. The lowest BCUT2D eigenvalue weighted by molar-refractivity contribution is 1.14. The van der Waals surface area contributed by atoms with Gasteiger partial charge in [-0.1, -0.05) is 61.5 Å². The Morgan fingerprint density at radius 1 is 0.783 bits per heavy atom. The van der Waals surface area contributed by atoms with Gasteiger partial charge in [0.1, 0.15) is 0 Å². The molecule has 0 fully saturated rings. The van der Waals surface area contributed by atoms with Crippen LogP contribution in [0.3, 0.4) is 0 Å². The van der Waals surface area contributed by atoms with Gasteiger partial charge in [0.05, 0.1) is 11.4 Å². The van der Waals surface area contributed by atoms with Gasteiger partial charge in [0, 0.05) is 11.3 Å². The van der Waals surface area contributed by atoms with Crippen LogP contribution in [0, 0.1) is 0 Å². The Hall–Kier alpha value is -2.94. The fourth-order valence-electron chi connectivity index (χ4n) is 2.56. The third kappa shape index (κ3) is 3.29. The predicted molar refractivity (Wildman–Crippen MR) is 96.3 cm³/mol. The molecule has 3 aromatic rings. The number of rotatable bonds is 4. The molecule has 3 rings (SSSR count). The molecule has 3 nitrogen and oxygen atoms in total. The summed E-state index contributed by atoms with van der Waals surface area (Å²) in [5.74, 6) is 0. The third-order valence-electron chi connectivity index (χ3n) is 3.79. The van der Waals surface area contributed by atoms with Gasteiger partial charge in [-0.25, -0.2) is 0 Å². The smallest absolute Gasteiger partial charge is 0.0956 e. The largest absolute Gasteiger partial charge is 0.398 e. The second-order valence-electron chi connectivity index (χ2n) is 5.29. The summed E-state index contributed by atoms with van der Waals surface area (Å²) in [7, 11) is 0. The van der Waals surface area contributed by atoms with Crippen LogP contribution >= 0.6 is 0 Å². The highest BCUT2D eigenvalue weighted by atomic mass is 15.1. The summed E-state index contributed by atoms with van der Waals surface area (Å²) in [5, 5.41) is 8.76. The second kappa shape index (κ2) is 6.88. The van der Waals surface area contributed by atoms with Gasteiger partial charge in [-0.15, -0.1) is 5.11 Å². The monoisotopic (exact) mass is 301 g/mol. The molecule has 0 saturated heterocycles. The summed E-state index contributed by atoms with van der Waals surface area (Å²) in [5.41, 5.74) is 11.9. The summed E-state index contributed by atoms with van der Waals surface area (Å²) in [6.07, 6.45) is 0.891. The molecule has 0 aliphatic heterocycles. The first-order chi connectivity index (χ1) is 11.3. The lowest BCUT2D eigenvalue weighted by Gasteiger charge is -2.12. The van der Waals surface area contributed by atoms with E-state index in [2.05, 4.69) is 17.2 Å². The van der Waals surface area contributed by atoms with Crippen LogP contribution in [0.15, 0.2) is 83.0 Å². The van der Waals surface area contributed by atoms with Crippen molar-refractivity contribution in [2.45, 2.75) is 13.3 Å². The summed E-state index contributed by atoms with van der Waals surface area (Å²) >= 11 is 0. The van der Waals surface area contributed by atoms with Gasteiger partial charge in [0.15, 0.2) is 0 Å². The number of hydrogen-bond acceptors (Lipinski definition) is 3. The van der Waals surface area contributed by atoms with Gasteiger partial charge in [-0.2, -0.15) is 5.11 Å². The number of nitrogens with zero attached hydrogens (tertiary/aromatic N) is 2. The molecule has 0 radical (unpaired) electrons. The quantitative estimate of drug-likeness (QED) is 0.472. The lowest BCUT2D eigenvalue weighted by Crippen LogP contribution is -1.96. The highest BCUT2D eigenvalue weighted by Crippen LogP contribution is 2.38. The fourth-order valence-corrected chi connectivity index (χ4v) is 2.56. The number of nitrogen functional groups attached to an aromatic ring is 1. The minimum absolute atomic E-state index is 0.781. The van der Waals surface area contributed by atoms with Crippen LogP contribution in [-0.4, -0.2) is 0 Å². The first-order valence-electron chi connectivity index (χ1n) is 7.73. The van der Waals surface area contributed by atoms with Gasteiger partial charge in [-0.3, -0.25) is 0 Å². The van der Waals surface area contributed by atoms with Crippen LogP contribution in [0.4, 0.5) is 17.1 Å². The van der Waals surface area contributed by atoms with E-state index in [9.17, 15) is 0 Å². The van der Waals surface area contributed by atoms with Crippen molar-refractivity contribution in [2.75, 3.05) is 5.73 Å². The predicted octanol–water partition coefficient (Wildman–Crippen LogP) is 5.91. The molecule has 0 bridgehead atoms. The van der Waals surface area contributed by atoms with Crippen molar-refractivity contribution >= 4 is 17.1 Å². The number of anilines is 1. The third-order valence-corrected chi connectivity index (χ3v) is 3.79. The molecular weight excluding hydrogens is 282 g/mol. The number of hydrogen-bond donors (Lipinski definition) is 1. The summed E-state index contributed by atoms with van der Waals surface area (Å²) in [4.78, 5) is 0. The molecule has 2 N–H and O–H groups in total. The Balaban J connectivity index is 2.10. The molecule has 0 aliphatic carbocycles. The fraction of sp³-hybridized carbons (Fsp3) is 0.100. The zero-order valence-electron chi connectivity index (χ0n) is 13.1. The minimum atomic E-state index is 0.781. The molecule has 3 heteroatoms. The van der Waals surface area contributed by atoms with Gasteiger partial charge in [-0.05, 0) is 35.7 Å². The summed E-state index contributed by atoms with van der Waals surface area (Å²) in [6.45, 7) is 2.10. The molecule has 0 saturated carbocycles. The SMILES string of the molecule is CCc1ccc(N=Nc2ccccc2)c(-c2ccccc2)c1N. The highest BCUT2D eigenvalue weighted by Gasteiger charge is 2.12. The molecule has 0 unspecified atom stereocenters. The molecule has 23 heavy (non-hydrogen) atoms. The minimum Gasteiger partial charge on any atom is -0.398 e. The Kier molecular flexibility index (Phi) is 4.48. The molecule has 0 aliphatic rings. The Bertz CT molecular complexity index is 809. The average molecular weight is 301 g/mol. The van der Waals surface area contributed by atoms with Crippen molar-refractivity contribution < 1.29 is 0 Å². The van der Waals surface area contributed by atoms with E-state index >= 15 is 0 Å². The molecule has 114 valence electrons. The van der Waals surface area contributed by atoms with E-state index in [0.717, 1.165) is 40.2 Å². The molecule has 0 spiro atoms. The molecule has 0 aromatic heterocycles. The second-order valence-corrected chi connectivity index (χ2v) is 5.29. The van der Waals surface area contributed by atoms with Gasteiger partial charge >= 0.3 is 0 Å². The number of aryl methyl sites for hydroxylation is 1. The van der Waals surface area contributed by atoms with Crippen LogP contribution in [0.5, 0.6) is 0 Å². The standard InChI is InChI=1S/C20H19N3/c1-2-15-13-14-18(23-22-17-11-7-4-8-12-17)19(20(15)21)16-9-5-3-6-10-16/h3-14H,2,21H2,1H3. The first kappa shape index (κ1) is 15.0. The van der Waals surface area contributed by atoms with E-state index in [4.69, 9.17) is 5.73 Å². The number of azo groups is 1. The Morgan fingerprint density at radius 3 is 2.09 bits per heavy atom. The average Bonchev–Trinajstić information content (AvgIpc) is 2.61. The zero-order chi connectivity index (χ0) is 16.1. The van der Waals surface area contributed by atoms with Crippen LogP contribution in [-0.2, 0) is 6.42 Å². The number of benzene rings is 3. The topological polar surface area (TPSA) is 50.7 Å². The maximum atomic E-state index is 6.39. The van der Waals surface area contributed by atoms with E-state index in [1.807, 2.05) is 72.8 Å². The van der Waals surface area contributed by atoms with Crippen molar-refractivity contribution in [1.29, 1.82) is 0 Å². The Labute approximate surface area is 136 Å². The van der Waals surface area contributed by atoms with E-state index in [1.165, 1.54) is 0 Å². The maximum absolute atomic E-state index is 6.39. The first-order valence-corrected chi connectivity index (χ1v) is 7.73. The highest BCUT2D eigenvalue weighted by molar-refractivity contribution is 5.87. The van der Waals surface area contributed by atoms with E-state index in [0.29, 0.717) is 0 Å². The summed E-state index contributed by atoms with van der Waals surface area (Å²) in [6, 6.07) is 23.8. The van der Waals surface area contributed by atoms with Crippen LogP contribution in [0.2, 0.25) is 0 Å². The van der Waals surface area contributed by atoms with Crippen molar-refractivity contribution in [1.82, 2.24) is 0 Å². The Morgan fingerprint density at radius 2 is 1.43 bits per heavy atom. The van der Waals surface area contributed by atoms with Gasteiger partial charge in [0.2, 0.25) is 0 Å². The number of nitrogens with two attached hydrogens (primary N) is 1. The molecule has 0 atom stereocenters. The molecule has 0 heterocycles. The molecular formula is C20H19N3. The maximum Gasteiger partial charge on any atom is 0.0956 e. The van der Waals surface area contributed by atoms with Crippen molar-refractivity contribution in [3.05, 3.63) is 78.4 Å².